The third-order valence-electron chi connectivity index (χ3n) is 6.28. The van der Waals surface area contributed by atoms with Crippen LogP contribution in [-0.4, -0.2) is 37.0 Å². The van der Waals surface area contributed by atoms with E-state index in [4.69, 9.17) is 27.9 Å². The molecule has 2 aliphatic rings. The average molecular weight is 447 g/mol. The van der Waals surface area contributed by atoms with Crippen molar-refractivity contribution in [1.29, 1.82) is 0 Å². The number of halogens is 2. The lowest BCUT2D eigenvalue weighted by Gasteiger charge is -2.38. The first-order chi connectivity index (χ1) is 14.4. The summed E-state index contributed by atoms with van der Waals surface area (Å²) in [6.07, 6.45) is 3.03. The molecule has 158 valence electrons. The van der Waals surface area contributed by atoms with Gasteiger partial charge in [0.1, 0.15) is 5.54 Å². The lowest BCUT2D eigenvalue weighted by atomic mass is 9.81. The molecule has 1 aliphatic heterocycles. The highest BCUT2D eigenvalue weighted by molar-refractivity contribution is 6.31. The van der Waals surface area contributed by atoms with Crippen LogP contribution in [0.25, 0.3) is 0 Å². The Labute approximate surface area is 186 Å². The molecule has 4 rings (SSSR count). The van der Waals surface area contributed by atoms with Crippen LogP contribution in [0.3, 0.4) is 0 Å². The molecule has 1 aliphatic carbocycles. The number of anilines is 1. The van der Waals surface area contributed by atoms with Crippen LogP contribution in [0, 0.1) is 0 Å². The number of fused-ring (bicyclic) bond motifs is 1. The summed E-state index contributed by atoms with van der Waals surface area (Å²) in [4.78, 5) is 28.1. The molecule has 1 unspecified atom stereocenters. The first-order valence-corrected chi connectivity index (χ1v) is 10.8. The summed E-state index contributed by atoms with van der Waals surface area (Å²) in [5.41, 5.74) is 1.57. The number of hydrogen-bond donors (Lipinski definition) is 1. The fraction of sp³-hybridized carbons (Fsp3) is 0.391. The highest BCUT2D eigenvalue weighted by Gasteiger charge is 2.53. The van der Waals surface area contributed by atoms with E-state index in [0.717, 1.165) is 29.7 Å². The van der Waals surface area contributed by atoms with Crippen molar-refractivity contribution in [3.05, 3.63) is 63.6 Å². The Balaban J connectivity index is 1.71. The van der Waals surface area contributed by atoms with Crippen LogP contribution in [-0.2, 0) is 19.9 Å². The Bertz CT molecular complexity index is 992. The van der Waals surface area contributed by atoms with E-state index in [1.54, 1.807) is 18.2 Å². The maximum atomic E-state index is 13.3. The third-order valence-corrected chi connectivity index (χ3v) is 6.75. The van der Waals surface area contributed by atoms with Gasteiger partial charge >= 0.3 is 5.97 Å². The molecule has 5 nitrogen and oxygen atoms in total. The van der Waals surface area contributed by atoms with Crippen LogP contribution in [0.1, 0.15) is 42.7 Å². The van der Waals surface area contributed by atoms with Crippen molar-refractivity contribution >= 4 is 40.8 Å². The zero-order valence-corrected chi connectivity index (χ0v) is 18.5. The van der Waals surface area contributed by atoms with Crippen LogP contribution in [0.15, 0.2) is 42.5 Å². The van der Waals surface area contributed by atoms with Gasteiger partial charge in [-0.05, 0) is 62.6 Å². The minimum absolute atomic E-state index is 0.0797. The molecular formula is C23H24Cl2N2O3. The lowest BCUT2D eigenvalue weighted by Crippen LogP contribution is -2.50. The molecule has 1 N–H and O–H groups in total. The number of hydrogen-bond acceptors (Lipinski definition) is 4. The molecule has 1 saturated carbocycles. The summed E-state index contributed by atoms with van der Waals surface area (Å²) in [6, 6.07) is 13.1. The van der Waals surface area contributed by atoms with Crippen LogP contribution >= 0.6 is 23.2 Å². The summed E-state index contributed by atoms with van der Waals surface area (Å²) in [7, 11) is 3.37. The Morgan fingerprint density at radius 3 is 2.63 bits per heavy atom. The third kappa shape index (κ3) is 3.70. The normalized spacial score (nSPS) is 21.3. The number of benzene rings is 2. The topological polar surface area (TPSA) is 58.6 Å². The molecule has 1 amide bonds. The van der Waals surface area contributed by atoms with Gasteiger partial charge in [0.25, 0.3) is 0 Å². The van der Waals surface area contributed by atoms with E-state index >= 15 is 0 Å². The Hall–Kier alpha value is -2.08. The first-order valence-electron chi connectivity index (χ1n) is 10.0. The lowest BCUT2D eigenvalue weighted by molar-refractivity contribution is -0.143. The van der Waals surface area contributed by atoms with Crippen molar-refractivity contribution in [2.75, 3.05) is 19.5 Å². The van der Waals surface area contributed by atoms with Gasteiger partial charge in [-0.15, -0.1) is 0 Å². The molecule has 7 heteroatoms. The number of carbonyl (C=O) groups excluding carboxylic acids is 2. The van der Waals surface area contributed by atoms with Gasteiger partial charge in [-0.1, -0.05) is 41.4 Å². The largest absolute Gasteiger partial charge is 0.469 e. The van der Waals surface area contributed by atoms with Gasteiger partial charge in [0, 0.05) is 27.3 Å². The fourth-order valence-corrected chi connectivity index (χ4v) is 4.89. The number of likely N-dealkylation sites (N-methyl/N-ethyl adjacent to an activating group) is 1. The zero-order valence-electron chi connectivity index (χ0n) is 17.0. The van der Waals surface area contributed by atoms with Gasteiger partial charge in [0.05, 0.1) is 13.0 Å². The monoisotopic (exact) mass is 446 g/mol. The molecule has 0 aromatic heterocycles. The van der Waals surface area contributed by atoms with E-state index in [0.29, 0.717) is 28.9 Å². The molecular weight excluding hydrogens is 423 g/mol. The average Bonchev–Trinajstić information content (AvgIpc) is 3.52. The summed E-state index contributed by atoms with van der Waals surface area (Å²) in [5.74, 6) is -0.928. The zero-order chi connectivity index (χ0) is 21.5. The minimum Gasteiger partial charge on any atom is -0.469 e. The van der Waals surface area contributed by atoms with Crippen molar-refractivity contribution < 1.29 is 14.3 Å². The van der Waals surface area contributed by atoms with E-state index in [1.165, 1.54) is 7.11 Å². The predicted molar refractivity (Wildman–Crippen MR) is 118 cm³/mol. The van der Waals surface area contributed by atoms with Gasteiger partial charge in [-0.2, -0.15) is 0 Å². The summed E-state index contributed by atoms with van der Waals surface area (Å²) < 4.78 is 5.07. The number of methoxy groups -OCH3 is 1. The standard InChI is InChI=1S/C23H24Cl2N2O3/c1-27(17-7-8-17)23(19-9-6-16(25)13-20(19)26-22(23)29)11-10-18(21(28)30-2)14-4-3-5-15(24)12-14/h3-6,9,12-13,17-18H,7-8,10-11H2,1-2H3,(H,26,29)/t18?,23-/m0/s1. The number of nitrogens with one attached hydrogen (secondary N) is 1. The molecule has 1 heterocycles. The van der Waals surface area contributed by atoms with Crippen LogP contribution in [0.5, 0.6) is 0 Å². The number of carbonyl (C=O) groups is 2. The van der Waals surface area contributed by atoms with Crippen molar-refractivity contribution in [3.63, 3.8) is 0 Å². The molecule has 1 fully saturated rings. The van der Waals surface area contributed by atoms with Crippen LogP contribution in [0.4, 0.5) is 5.69 Å². The Kier molecular flexibility index (Phi) is 5.80. The van der Waals surface area contributed by atoms with E-state index in [9.17, 15) is 9.59 Å². The molecule has 2 aromatic carbocycles. The van der Waals surface area contributed by atoms with Crippen LogP contribution < -0.4 is 5.32 Å². The number of ether oxygens (including phenoxy) is 1. The van der Waals surface area contributed by atoms with Crippen molar-refractivity contribution in [3.8, 4) is 0 Å². The second-order valence-corrected chi connectivity index (χ2v) is 8.89. The van der Waals surface area contributed by atoms with E-state index in [1.807, 2.05) is 31.3 Å². The highest BCUT2D eigenvalue weighted by atomic mass is 35.5. The van der Waals surface area contributed by atoms with Gasteiger partial charge in [0.2, 0.25) is 5.91 Å². The second-order valence-electron chi connectivity index (χ2n) is 8.02. The maximum Gasteiger partial charge on any atom is 0.313 e. The summed E-state index contributed by atoms with van der Waals surface area (Å²) in [6.45, 7) is 0. The minimum atomic E-state index is -0.855. The predicted octanol–water partition coefficient (Wildman–Crippen LogP) is 4.97. The molecule has 0 bridgehead atoms. The van der Waals surface area contributed by atoms with Crippen molar-refractivity contribution in [2.24, 2.45) is 0 Å². The number of nitrogens with zero attached hydrogens (tertiary/aromatic N) is 1. The SMILES string of the molecule is COC(=O)C(CC[C@@]1(N(C)C2CC2)C(=O)Nc2cc(Cl)ccc21)c1cccc(Cl)c1. The molecule has 2 atom stereocenters. The quantitative estimate of drug-likeness (QED) is 0.609. The van der Waals surface area contributed by atoms with E-state index < -0.39 is 11.5 Å². The van der Waals surface area contributed by atoms with Gasteiger partial charge in [-0.3, -0.25) is 14.5 Å². The van der Waals surface area contributed by atoms with Gasteiger partial charge in [-0.25, -0.2) is 0 Å². The van der Waals surface area contributed by atoms with Gasteiger partial charge in [0.15, 0.2) is 0 Å². The van der Waals surface area contributed by atoms with E-state index in [-0.39, 0.29) is 11.9 Å². The van der Waals surface area contributed by atoms with Crippen molar-refractivity contribution in [1.82, 2.24) is 4.90 Å². The Morgan fingerprint density at radius 1 is 1.23 bits per heavy atom. The highest BCUT2D eigenvalue weighted by Crippen LogP contribution is 2.48. The summed E-state index contributed by atoms with van der Waals surface area (Å²) in [5, 5.41) is 4.14. The Morgan fingerprint density at radius 2 is 1.97 bits per heavy atom. The molecule has 0 saturated heterocycles. The smallest absolute Gasteiger partial charge is 0.313 e. The molecule has 2 aromatic rings. The first kappa shape index (κ1) is 21.2. The number of amides is 1. The maximum absolute atomic E-state index is 13.3. The fourth-order valence-electron chi connectivity index (χ4n) is 4.52. The molecule has 0 spiro atoms. The van der Waals surface area contributed by atoms with Gasteiger partial charge < -0.3 is 10.1 Å². The number of rotatable bonds is 7. The van der Waals surface area contributed by atoms with Crippen molar-refractivity contribution in [2.45, 2.75) is 43.2 Å². The van der Waals surface area contributed by atoms with E-state index in [2.05, 4.69) is 10.2 Å². The van der Waals surface area contributed by atoms with Crippen LogP contribution in [0.2, 0.25) is 10.0 Å². The second kappa shape index (κ2) is 8.22. The summed E-state index contributed by atoms with van der Waals surface area (Å²) >= 11 is 12.3. The molecule has 0 radical (unpaired) electrons. The molecule has 30 heavy (non-hydrogen) atoms. The number of esters is 1.